The van der Waals surface area contributed by atoms with Gasteiger partial charge < -0.3 is 25.2 Å². The number of nitrogens with zero attached hydrogens (tertiary/aromatic N) is 1. The van der Waals surface area contributed by atoms with E-state index in [-0.39, 0.29) is 50.9 Å². The van der Waals surface area contributed by atoms with Crippen LogP contribution in [0, 0.1) is 11.3 Å². The molecule has 0 aromatic heterocycles. The minimum Gasteiger partial charge on any atom is -0.481 e. The van der Waals surface area contributed by atoms with Crippen molar-refractivity contribution in [1.82, 2.24) is 10.2 Å². The van der Waals surface area contributed by atoms with Gasteiger partial charge in [-0.1, -0.05) is 62.4 Å². The molecule has 2 aromatic carbocycles. The molecular formula is C27H32N2O6. The summed E-state index contributed by atoms with van der Waals surface area (Å²) in [6.45, 7) is 4.34. The molecule has 0 spiro atoms. The van der Waals surface area contributed by atoms with Gasteiger partial charge in [0.2, 0.25) is 5.91 Å². The van der Waals surface area contributed by atoms with Crippen molar-refractivity contribution in [3.05, 3.63) is 59.7 Å². The number of aliphatic carboxylic acids is 1. The highest BCUT2D eigenvalue weighted by molar-refractivity contribution is 5.80. The molecule has 0 saturated carbocycles. The maximum absolute atomic E-state index is 12.8. The molecule has 186 valence electrons. The number of fused-ring (bicyclic) bond motifs is 3. The van der Waals surface area contributed by atoms with E-state index in [0.29, 0.717) is 0 Å². The summed E-state index contributed by atoms with van der Waals surface area (Å²) in [5, 5.41) is 22.0. The zero-order valence-corrected chi connectivity index (χ0v) is 20.1. The Kier molecular flexibility index (Phi) is 7.12. The zero-order valence-electron chi connectivity index (χ0n) is 20.1. The van der Waals surface area contributed by atoms with E-state index in [1.165, 1.54) is 4.90 Å². The number of aliphatic hydroxyl groups excluding tert-OH is 1. The van der Waals surface area contributed by atoms with Crippen LogP contribution in [0.3, 0.4) is 0 Å². The summed E-state index contributed by atoms with van der Waals surface area (Å²) in [7, 11) is 0. The van der Waals surface area contributed by atoms with Crippen LogP contribution in [0.2, 0.25) is 0 Å². The first kappa shape index (κ1) is 24.7. The highest BCUT2D eigenvalue weighted by Gasteiger charge is 2.35. The number of hydrogen-bond acceptors (Lipinski definition) is 5. The number of aliphatic hydroxyl groups is 1. The molecule has 0 radical (unpaired) electrons. The Balaban J connectivity index is 1.29. The predicted octanol–water partition coefficient (Wildman–Crippen LogP) is 3.24. The Bertz CT molecular complexity index is 1070. The van der Waals surface area contributed by atoms with Crippen molar-refractivity contribution in [2.24, 2.45) is 11.3 Å². The van der Waals surface area contributed by atoms with E-state index in [1.807, 2.05) is 38.1 Å². The lowest BCUT2D eigenvalue weighted by Gasteiger charge is -2.36. The molecule has 2 aliphatic rings. The van der Waals surface area contributed by atoms with Crippen molar-refractivity contribution in [3.8, 4) is 11.1 Å². The van der Waals surface area contributed by atoms with Gasteiger partial charge in [-0.15, -0.1) is 0 Å². The lowest BCUT2D eigenvalue weighted by Crippen LogP contribution is -2.49. The Morgan fingerprint density at radius 3 is 2.23 bits per heavy atom. The molecule has 1 aliphatic carbocycles. The Morgan fingerprint density at radius 1 is 1.03 bits per heavy atom. The van der Waals surface area contributed by atoms with E-state index in [9.17, 15) is 24.6 Å². The van der Waals surface area contributed by atoms with Gasteiger partial charge in [-0.05, 0) is 34.1 Å². The van der Waals surface area contributed by atoms with Gasteiger partial charge in [0.15, 0.2) is 0 Å². The quantitative estimate of drug-likeness (QED) is 0.560. The standard InChI is InChI=1S/C27H32N2O6/c1-27(2,12-24(31)29-13-17(25(32)33)11-18(30)14-29)16-28-26(34)35-15-23-21-9-5-3-7-19(21)20-8-4-6-10-22(20)23/h3-10,17-18,23,30H,11-16H2,1-2H3,(H,28,34)(H,32,33). The third-order valence-electron chi connectivity index (χ3n) is 6.82. The molecule has 1 saturated heterocycles. The minimum absolute atomic E-state index is 0.0320. The van der Waals surface area contributed by atoms with Gasteiger partial charge in [-0.25, -0.2) is 4.79 Å². The van der Waals surface area contributed by atoms with Gasteiger partial charge in [0.05, 0.1) is 12.0 Å². The number of hydrogen-bond donors (Lipinski definition) is 3. The van der Waals surface area contributed by atoms with Gasteiger partial charge in [0.25, 0.3) is 0 Å². The summed E-state index contributed by atoms with van der Waals surface area (Å²) >= 11 is 0. The van der Waals surface area contributed by atoms with Crippen molar-refractivity contribution in [1.29, 1.82) is 0 Å². The zero-order chi connectivity index (χ0) is 25.2. The summed E-state index contributed by atoms with van der Waals surface area (Å²) in [5.74, 6) is -2.06. The molecule has 4 rings (SSSR count). The first-order chi connectivity index (χ1) is 16.6. The number of likely N-dealkylation sites (tertiary alicyclic amines) is 1. The van der Waals surface area contributed by atoms with Crippen LogP contribution in [0.1, 0.15) is 43.7 Å². The van der Waals surface area contributed by atoms with Crippen LogP contribution in [0.4, 0.5) is 4.79 Å². The number of β-amino-alcohol motifs (C(OH)–C–C–N with tert-alkyl or cyclic N) is 1. The summed E-state index contributed by atoms with van der Waals surface area (Å²) in [6, 6.07) is 16.2. The van der Waals surface area contributed by atoms with Crippen LogP contribution in [-0.4, -0.2) is 65.4 Å². The number of nitrogens with one attached hydrogen (secondary N) is 1. The fourth-order valence-electron chi connectivity index (χ4n) is 5.00. The molecule has 8 nitrogen and oxygen atoms in total. The third-order valence-corrected chi connectivity index (χ3v) is 6.82. The molecular weight excluding hydrogens is 448 g/mol. The van der Waals surface area contributed by atoms with E-state index in [0.717, 1.165) is 22.3 Å². The highest BCUT2D eigenvalue weighted by atomic mass is 16.5. The van der Waals surface area contributed by atoms with E-state index < -0.39 is 29.5 Å². The summed E-state index contributed by atoms with van der Waals surface area (Å²) in [5.41, 5.74) is 4.00. The lowest BCUT2D eigenvalue weighted by atomic mass is 9.87. The highest BCUT2D eigenvalue weighted by Crippen LogP contribution is 2.44. The SMILES string of the molecule is CC(C)(CNC(=O)OCC1c2ccccc2-c2ccccc21)CC(=O)N1CC(O)CC(C(=O)O)C1. The molecule has 2 aromatic rings. The van der Waals surface area contributed by atoms with Gasteiger partial charge in [-0.2, -0.15) is 0 Å². The molecule has 35 heavy (non-hydrogen) atoms. The maximum atomic E-state index is 12.8. The monoisotopic (exact) mass is 480 g/mol. The largest absolute Gasteiger partial charge is 0.481 e. The second-order valence-electron chi connectivity index (χ2n) is 10.2. The second-order valence-corrected chi connectivity index (χ2v) is 10.2. The van der Waals surface area contributed by atoms with Crippen molar-refractivity contribution in [3.63, 3.8) is 0 Å². The Morgan fingerprint density at radius 2 is 1.63 bits per heavy atom. The molecule has 2 atom stereocenters. The van der Waals surface area contributed by atoms with Crippen LogP contribution in [-0.2, 0) is 14.3 Å². The van der Waals surface area contributed by atoms with Crippen molar-refractivity contribution in [2.45, 2.75) is 38.7 Å². The Labute approximate surface area is 204 Å². The van der Waals surface area contributed by atoms with Crippen molar-refractivity contribution >= 4 is 18.0 Å². The van der Waals surface area contributed by atoms with Crippen LogP contribution in [0.5, 0.6) is 0 Å². The van der Waals surface area contributed by atoms with Crippen LogP contribution in [0.25, 0.3) is 11.1 Å². The predicted molar refractivity (Wildman–Crippen MR) is 130 cm³/mol. The first-order valence-corrected chi connectivity index (χ1v) is 11.9. The molecule has 8 heteroatoms. The normalized spacial score (nSPS) is 19.6. The smallest absolute Gasteiger partial charge is 0.407 e. The Hall–Kier alpha value is -3.39. The molecule has 3 N–H and O–H groups in total. The molecule has 1 aliphatic heterocycles. The molecule has 1 heterocycles. The maximum Gasteiger partial charge on any atom is 0.407 e. The summed E-state index contributed by atoms with van der Waals surface area (Å²) < 4.78 is 5.57. The van der Waals surface area contributed by atoms with Crippen LogP contribution >= 0.6 is 0 Å². The number of alkyl carbamates (subject to hydrolysis) is 1. The number of piperidine rings is 1. The van der Waals surface area contributed by atoms with Gasteiger partial charge >= 0.3 is 12.1 Å². The summed E-state index contributed by atoms with van der Waals surface area (Å²) in [4.78, 5) is 38.0. The topological polar surface area (TPSA) is 116 Å². The average molecular weight is 481 g/mol. The van der Waals surface area contributed by atoms with Gasteiger partial charge in [0.1, 0.15) is 6.61 Å². The number of benzene rings is 2. The molecule has 1 fully saturated rings. The summed E-state index contributed by atoms with van der Waals surface area (Å²) in [6.07, 6.45) is -1.15. The fourth-order valence-corrected chi connectivity index (χ4v) is 5.00. The van der Waals surface area contributed by atoms with E-state index >= 15 is 0 Å². The number of amides is 2. The number of ether oxygens (including phenoxy) is 1. The van der Waals surface area contributed by atoms with Crippen molar-refractivity contribution < 1.29 is 29.3 Å². The number of carboxylic acid groups (broad SMARTS) is 1. The lowest BCUT2D eigenvalue weighted by molar-refractivity contribution is -0.149. The third kappa shape index (κ3) is 5.65. The van der Waals surface area contributed by atoms with Gasteiger partial charge in [0, 0.05) is 32.0 Å². The number of carbonyl (C=O) groups is 3. The molecule has 2 unspecified atom stereocenters. The van der Waals surface area contributed by atoms with Gasteiger partial charge in [-0.3, -0.25) is 9.59 Å². The van der Waals surface area contributed by atoms with Crippen LogP contribution in [0.15, 0.2) is 48.5 Å². The molecule has 2 amide bonds. The average Bonchev–Trinajstić information content (AvgIpc) is 3.14. The minimum atomic E-state index is -1.02. The number of rotatable bonds is 7. The number of carboxylic acids is 1. The van der Waals surface area contributed by atoms with Crippen molar-refractivity contribution in [2.75, 3.05) is 26.2 Å². The first-order valence-electron chi connectivity index (χ1n) is 11.9. The second kappa shape index (κ2) is 10.1. The molecule has 0 bridgehead atoms. The fraction of sp³-hybridized carbons (Fsp3) is 0.444. The van der Waals surface area contributed by atoms with Crippen LogP contribution < -0.4 is 5.32 Å². The number of carbonyl (C=O) groups excluding carboxylic acids is 2. The van der Waals surface area contributed by atoms with E-state index in [2.05, 4.69) is 29.6 Å². The van der Waals surface area contributed by atoms with E-state index in [4.69, 9.17) is 4.74 Å². The van der Waals surface area contributed by atoms with E-state index in [1.54, 1.807) is 0 Å².